The summed E-state index contributed by atoms with van der Waals surface area (Å²) in [5, 5.41) is 12.1. The van der Waals surface area contributed by atoms with Crippen LogP contribution in [0.25, 0.3) is 0 Å². The second-order valence-electron chi connectivity index (χ2n) is 3.52. The average Bonchev–Trinajstić information content (AvgIpc) is 2.20. The fourth-order valence-electron chi connectivity index (χ4n) is 1.69. The summed E-state index contributed by atoms with van der Waals surface area (Å²) in [5.74, 6) is -0.200. The van der Waals surface area contributed by atoms with Crippen molar-refractivity contribution in [3.8, 4) is 0 Å². The minimum absolute atomic E-state index is 0.0853. The SMILES string of the molecule is C=CC(=O)N[C@H]1CC[C@H](O[N+](=O)[O-])CC1. The van der Waals surface area contributed by atoms with E-state index in [1.807, 2.05) is 0 Å². The molecule has 1 saturated carbocycles. The van der Waals surface area contributed by atoms with E-state index in [1.54, 1.807) is 0 Å². The Morgan fingerprint density at radius 1 is 1.47 bits per heavy atom. The minimum Gasteiger partial charge on any atom is -0.350 e. The Morgan fingerprint density at radius 3 is 2.53 bits per heavy atom. The second-order valence-corrected chi connectivity index (χ2v) is 3.52. The maximum Gasteiger partial charge on any atom is 0.294 e. The Labute approximate surface area is 87.4 Å². The third-order valence-corrected chi connectivity index (χ3v) is 2.44. The van der Waals surface area contributed by atoms with E-state index in [4.69, 9.17) is 0 Å². The maximum absolute atomic E-state index is 11.0. The highest BCUT2D eigenvalue weighted by molar-refractivity contribution is 5.87. The van der Waals surface area contributed by atoms with Gasteiger partial charge in [-0.05, 0) is 31.8 Å². The summed E-state index contributed by atoms with van der Waals surface area (Å²) in [6.45, 7) is 3.35. The third-order valence-electron chi connectivity index (χ3n) is 2.44. The highest BCUT2D eigenvalue weighted by atomic mass is 17.0. The van der Waals surface area contributed by atoms with E-state index in [9.17, 15) is 14.9 Å². The molecule has 0 aromatic heterocycles. The standard InChI is InChI=1S/C9H14N2O4/c1-2-9(12)10-7-3-5-8(6-4-7)15-11(13)14/h2,7-8H,1,3-6H2,(H,10,12)/t7-,8-. The molecule has 1 N–H and O–H groups in total. The fraction of sp³-hybridized carbons (Fsp3) is 0.667. The summed E-state index contributed by atoms with van der Waals surface area (Å²) < 4.78 is 0. The van der Waals surface area contributed by atoms with Crippen LogP contribution in [-0.4, -0.2) is 23.1 Å². The van der Waals surface area contributed by atoms with Crippen molar-refractivity contribution in [3.05, 3.63) is 22.8 Å². The molecule has 84 valence electrons. The molecule has 0 aliphatic heterocycles. The molecule has 0 aromatic carbocycles. The molecule has 1 amide bonds. The number of rotatable bonds is 4. The Bertz CT molecular complexity index is 259. The topological polar surface area (TPSA) is 81.5 Å². The van der Waals surface area contributed by atoms with Gasteiger partial charge in [-0.25, -0.2) is 0 Å². The highest BCUT2D eigenvalue weighted by Crippen LogP contribution is 2.21. The van der Waals surface area contributed by atoms with Crippen LogP contribution in [0, 0.1) is 10.1 Å². The van der Waals surface area contributed by atoms with Crippen LogP contribution >= 0.6 is 0 Å². The van der Waals surface area contributed by atoms with Crippen LogP contribution < -0.4 is 5.32 Å². The normalized spacial score (nSPS) is 25.3. The Morgan fingerprint density at radius 2 is 2.07 bits per heavy atom. The van der Waals surface area contributed by atoms with Gasteiger partial charge in [0.2, 0.25) is 5.91 Å². The fourth-order valence-corrected chi connectivity index (χ4v) is 1.69. The molecular weight excluding hydrogens is 200 g/mol. The monoisotopic (exact) mass is 214 g/mol. The van der Waals surface area contributed by atoms with Crippen molar-refractivity contribution in [3.63, 3.8) is 0 Å². The molecule has 0 radical (unpaired) electrons. The summed E-state index contributed by atoms with van der Waals surface area (Å²) in [7, 11) is 0. The van der Waals surface area contributed by atoms with Crippen LogP contribution in [0.2, 0.25) is 0 Å². The largest absolute Gasteiger partial charge is 0.350 e. The number of amides is 1. The zero-order valence-electron chi connectivity index (χ0n) is 8.35. The molecule has 6 heteroatoms. The van der Waals surface area contributed by atoms with E-state index in [0.29, 0.717) is 25.7 Å². The summed E-state index contributed by atoms with van der Waals surface area (Å²) in [6.07, 6.45) is 3.51. The first kappa shape index (κ1) is 11.5. The van der Waals surface area contributed by atoms with Crippen molar-refractivity contribution in [1.82, 2.24) is 5.32 Å². The number of hydrogen-bond donors (Lipinski definition) is 1. The number of nitrogens with zero attached hydrogens (tertiary/aromatic N) is 1. The maximum atomic E-state index is 11.0. The molecule has 15 heavy (non-hydrogen) atoms. The molecule has 0 bridgehead atoms. The van der Waals surface area contributed by atoms with Gasteiger partial charge in [-0.1, -0.05) is 6.58 Å². The Kier molecular flexibility index (Phi) is 4.08. The predicted molar refractivity (Wildman–Crippen MR) is 52.5 cm³/mol. The molecule has 0 atom stereocenters. The smallest absolute Gasteiger partial charge is 0.294 e. The van der Waals surface area contributed by atoms with Crippen LogP contribution in [-0.2, 0) is 9.63 Å². The molecule has 1 aliphatic carbocycles. The van der Waals surface area contributed by atoms with Crippen LogP contribution in [0.3, 0.4) is 0 Å². The number of carbonyl (C=O) groups excluding carboxylic acids is 1. The van der Waals surface area contributed by atoms with Crippen molar-refractivity contribution in [2.45, 2.75) is 37.8 Å². The van der Waals surface area contributed by atoms with Crippen LogP contribution in [0.1, 0.15) is 25.7 Å². The first-order chi connectivity index (χ1) is 7.11. The number of nitrogens with one attached hydrogen (secondary N) is 1. The van der Waals surface area contributed by atoms with E-state index in [1.165, 1.54) is 6.08 Å². The van der Waals surface area contributed by atoms with Crippen molar-refractivity contribution in [2.75, 3.05) is 0 Å². The van der Waals surface area contributed by atoms with Gasteiger partial charge >= 0.3 is 0 Å². The highest BCUT2D eigenvalue weighted by Gasteiger charge is 2.23. The van der Waals surface area contributed by atoms with Crippen molar-refractivity contribution in [1.29, 1.82) is 0 Å². The summed E-state index contributed by atoms with van der Waals surface area (Å²) in [6, 6.07) is 0.0853. The summed E-state index contributed by atoms with van der Waals surface area (Å²) in [4.78, 5) is 25.5. The van der Waals surface area contributed by atoms with Crippen molar-refractivity contribution >= 4 is 5.91 Å². The third kappa shape index (κ3) is 3.97. The minimum atomic E-state index is -0.757. The Hall–Kier alpha value is -1.59. The lowest BCUT2D eigenvalue weighted by Gasteiger charge is -2.27. The number of carbonyl (C=O) groups is 1. The van der Waals surface area contributed by atoms with E-state index in [0.717, 1.165) is 0 Å². The number of hydrogen-bond acceptors (Lipinski definition) is 4. The van der Waals surface area contributed by atoms with Gasteiger partial charge in [0.05, 0.1) is 0 Å². The average molecular weight is 214 g/mol. The molecule has 0 heterocycles. The van der Waals surface area contributed by atoms with Gasteiger partial charge in [-0.15, -0.1) is 10.1 Å². The van der Waals surface area contributed by atoms with Crippen LogP contribution in [0.5, 0.6) is 0 Å². The molecule has 1 fully saturated rings. The van der Waals surface area contributed by atoms with Gasteiger partial charge < -0.3 is 10.2 Å². The van der Waals surface area contributed by atoms with Gasteiger partial charge in [-0.2, -0.15) is 0 Å². The molecule has 1 rings (SSSR count). The zero-order chi connectivity index (χ0) is 11.3. The lowest BCUT2D eigenvalue weighted by molar-refractivity contribution is -0.769. The van der Waals surface area contributed by atoms with Crippen LogP contribution in [0.15, 0.2) is 12.7 Å². The molecule has 1 aliphatic rings. The lowest BCUT2D eigenvalue weighted by atomic mass is 9.93. The first-order valence-electron chi connectivity index (χ1n) is 4.86. The van der Waals surface area contributed by atoms with E-state index >= 15 is 0 Å². The van der Waals surface area contributed by atoms with Gasteiger partial charge in [0, 0.05) is 6.04 Å². The predicted octanol–water partition coefficient (Wildman–Crippen LogP) is 0.808. The molecular formula is C9H14N2O4. The zero-order valence-corrected chi connectivity index (χ0v) is 8.35. The first-order valence-corrected chi connectivity index (χ1v) is 4.86. The lowest BCUT2D eigenvalue weighted by Crippen LogP contribution is -2.38. The quantitative estimate of drug-likeness (QED) is 0.426. The molecule has 0 aromatic rings. The van der Waals surface area contributed by atoms with Crippen molar-refractivity contribution < 1.29 is 14.7 Å². The summed E-state index contributed by atoms with van der Waals surface area (Å²) in [5.41, 5.74) is 0. The molecule has 0 saturated heterocycles. The van der Waals surface area contributed by atoms with Gasteiger partial charge in [0.15, 0.2) is 0 Å². The van der Waals surface area contributed by atoms with Gasteiger partial charge in [-0.3, -0.25) is 4.79 Å². The van der Waals surface area contributed by atoms with E-state index in [-0.39, 0.29) is 18.1 Å². The Balaban J connectivity index is 2.26. The second kappa shape index (κ2) is 5.33. The molecule has 0 spiro atoms. The van der Waals surface area contributed by atoms with Gasteiger partial charge in [0.1, 0.15) is 6.10 Å². The van der Waals surface area contributed by atoms with Gasteiger partial charge in [0.25, 0.3) is 5.09 Å². The van der Waals surface area contributed by atoms with Crippen molar-refractivity contribution in [2.24, 2.45) is 0 Å². The summed E-state index contributed by atoms with van der Waals surface area (Å²) >= 11 is 0. The molecule has 0 unspecified atom stereocenters. The van der Waals surface area contributed by atoms with Crippen LogP contribution in [0.4, 0.5) is 0 Å². The van der Waals surface area contributed by atoms with E-state index < -0.39 is 5.09 Å². The molecule has 6 nitrogen and oxygen atoms in total. The van der Waals surface area contributed by atoms with E-state index in [2.05, 4.69) is 16.7 Å².